The van der Waals surface area contributed by atoms with E-state index in [0.717, 1.165) is 24.9 Å². The molecule has 7 nitrogen and oxygen atoms in total. The Morgan fingerprint density at radius 3 is 2.19 bits per heavy atom. The largest absolute Gasteiger partial charge is 0.493 e. The van der Waals surface area contributed by atoms with E-state index in [1.165, 1.54) is 11.1 Å². The van der Waals surface area contributed by atoms with Crippen molar-refractivity contribution in [3.05, 3.63) is 47.0 Å². The van der Waals surface area contributed by atoms with Crippen LogP contribution in [0, 0.1) is 0 Å². The second-order valence-corrected chi connectivity index (χ2v) is 8.14. The van der Waals surface area contributed by atoms with Gasteiger partial charge in [0, 0.05) is 18.4 Å². The van der Waals surface area contributed by atoms with Crippen LogP contribution in [0.1, 0.15) is 29.2 Å². The van der Waals surface area contributed by atoms with Crippen LogP contribution < -0.4 is 18.9 Å². The van der Waals surface area contributed by atoms with Crippen LogP contribution in [-0.2, 0) is 17.6 Å². The number of carbonyl (C=O) groups is 1. The number of ether oxygens (including phenoxy) is 4. The number of methoxy groups -OCH3 is 4. The summed E-state index contributed by atoms with van der Waals surface area (Å²) >= 11 is 0. The number of fused-ring (bicyclic) bond motifs is 1. The maximum atomic E-state index is 11.4. The van der Waals surface area contributed by atoms with Gasteiger partial charge in [-0.2, -0.15) is 0 Å². The maximum absolute atomic E-state index is 11.4. The van der Waals surface area contributed by atoms with Crippen LogP contribution in [0.25, 0.3) is 0 Å². The SMILES string of the molecule is COc1ccc(CC2c3cc(OC)c(OC)cc3CC[N@+]2(C)CCC(=O)O)cc1OC. The number of carboxylic acids is 1. The van der Waals surface area contributed by atoms with E-state index in [-0.39, 0.29) is 12.5 Å². The van der Waals surface area contributed by atoms with E-state index in [1.54, 1.807) is 28.4 Å². The molecule has 1 unspecified atom stereocenters. The zero-order valence-corrected chi connectivity index (χ0v) is 18.9. The van der Waals surface area contributed by atoms with Gasteiger partial charge in [0.25, 0.3) is 0 Å². The molecule has 0 aromatic heterocycles. The highest BCUT2D eigenvalue weighted by Gasteiger charge is 2.40. The van der Waals surface area contributed by atoms with Crippen LogP contribution in [0.3, 0.4) is 0 Å². The first-order valence-electron chi connectivity index (χ1n) is 10.4. The lowest BCUT2D eigenvalue weighted by Crippen LogP contribution is -2.53. The molecule has 2 atom stereocenters. The standard InChI is InChI=1S/C24H31NO6/c1-25(11-9-24(26)27)10-8-17-14-22(30-4)23(31-5)15-18(17)19(25)12-16-6-7-20(28-2)21(13-16)29-3/h6-7,13-15,19H,8-12H2,1-5H3/p+1/t19?,25-/m1/s1. The minimum atomic E-state index is -0.776. The Hall–Kier alpha value is -2.93. The third-order valence-electron chi connectivity index (χ3n) is 6.36. The normalized spacial score (nSPS) is 20.0. The van der Waals surface area contributed by atoms with E-state index in [0.29, 0.717) is 34.0 Å². The Morgan fingerprint density at radius 1 is 0.968 bits per heavy atom. The minimum absolute atomic E-state index is 0.0704. The quantitative estimate of drug-likeness (QED) is 0.614. The van der Waals surface area contributed by atoms with Gasteiger partial charge in [-0.25, -0.2) is 0 Å². The van der Waals surface area contributed by atoms with Crippen molar-refractivity contribution in [2.75, 3.05) is 48.6 Å². The second-order valence-electron chi connectivity index (χ2n) is 8.14. The lowest BCUT2D eigenvalue weighted by molar-refractivity contribution is -0.940. The van der Waals surface area contributed by atoms with Crippen LogP contribution in [0.2, 0.25) is 0 Å². The number of carboxylic acid groups (broad SMARTS) is 1. The fraction of sp³-hybridized carbons (Fsp3) is 0.458. The van der Waals surface area contributed by atoms with E-state index < -0.39 is 5.97 Å². The van der Waals surface area contributed by atoms with Crippen LogP contribution >= 0.6 is 0 Å². The molecule has 0 bridgehead atoms. The molecule has 0 saturated carbocycles. The lowest BCUT2D eigenvalue weighted by atomic mass is 9.86. The molecule has 0 radical (unpaired) electrons. The summed E-state index contributed by atoms with van der Waals surface area (Å²) in [5.41, 5.74) is 3.49. The van der Waals surface area contributed by atoms with Gasteiger partial charge < -0.3 is 28.5 Å². The van der Waals surface area contributed by atoms with Gasteiger partial charge >= 0.3 is 5.97 Å². The van der Waals surface area contributed by atoms with Crippen molar-refractivity contribution in [2.24, 2.45) is 0 Å². The summed E-state index contributed by atoms with van der Waals surface area (Å²) in [5.74, 6) is 1.99. The molecule has 31 heavy (non-hydrogen) atoms. The van der Waals surface area contributed by atoms with Gasteiger partial charge in [0.15, 0.2) is 23.0 Å². The van der Waals surface area contributed by atoms with E-state index in [4.69, 9.17) is 18.9 Å². The van der Waals surface area contributed by atoms with Crippen molar-refractivity contribution in [3.63, 3.8) is 0 Å². The van der Waals surface area contributed by atoms with Crippen molar-refractivity contribution >= 4 is 5.97 Å². The first kappa shape index (κ1) is 22.7. The monoisotopic (exact) mass is 430 g/mol. The highest BCUT2D eigenvalue weighted by Crippen LogP contribution is 2.43. The average Bonchev–Trinajstić information content (AvgIpc) is 2.78. The summed E-state index contributed by atoms with van der Waals surface area (Å²) in [6.07, 6.45) is 1.72. The molecule has 2 aromatic rings. The summed E-state index contributed by atoms with van der Waals surface area (Å²) in [5, 5.41) is 9.33. The van der Waals surface area contributed by atoms with Gasteiger partial charge in [0.05, 0.1) is 55.0 Å². The van der Waals surface area contributed by atoms with Crippen LogP contribution in [0.5, 0.6) is 23.0 Å². The predicted octanol–water partition coefficient (Wildman–Crippen LogP) is 3.48. The van der Waals surface area contributed by atoms with Crippen molar-refractivity contribution in [1.29, 1.82) is 0 Å². The number of hydrogen-bond donors (Lipinski definition) is 1. The Bertz CT molecular complexity index is 944. The number of rotatable bonds is 9. The molecular formula is C24H32NO6+. The molecule has 0 amide bonds. The molecule has 0 aliphatic carbocycles. The van der Waals surface area contributed by atoms with Crippen LogP contribution in [0.4, 0.5) is 0 Å². The number of likely N-dealkylation sites (N-methyl/N-ethyl adjacent to an activating group) is 1. The number of benzene rings is 2. The molecule has 1 aliphatic rings. The zero-order chi connectivity index (χ0) is 22.6. The van der Waals surface area contributed by atoms with Crippen molar-refractivity contribution in [3.8, 4) is 23.0 Å². The predicted molar refractivity (Wildman–Crippen MR) is 117 cm³/mol. The van der Waals surface area contributed by atoms with Gasteiger partial charge in [-0.1, -0.05) is 6.07 Å². The van der Waals surface area contributed by atoms with Crippen molar-refractivity contribution in [1.82, 2.24) is 0 Å². The summed E-state index contributed by atoms with van der Waals surface area (Å²) in [6, 6.07) is 10.1. The minimum Gasteiger partial charge on any atom is -0.493 e. The molecular weight excluding hydrogens is 398 g/mol. The molecule has 0 fully saturated rings. The number of nitrogens with zero attached hydrogens (tertiary/aromatic N) is 1. The summed E-state index contributed by atoms with van der Waals surface area (Å²) in [7, 11) is 8.67. The van der Waals surface area contributed by atoms with Crippen molar-refractivity contribution < 1.29 is 33.3 Å². The Kier molecular flexibility index (Phi) is 6.95. The van der Waals surface area contributed by atoms with Gasteiger partial charge in [0.1, 0.15) is 6.04 Å². The Balaban J connectivity index is 2.06. The Morgan fingerprint density at radius 2 is 1.58 bits per heavy atom. The molecule has 0 saturated heterocycles. The fourth-order valence-corrected chi connectivity index (χ4v) is 4.51. The Labute approximate surface area is 183 Å². The van der Waals surface area contributed by atoms with Gasteiger partial charge in [-0.15, -0.1) is 0 Å². The third-order valence-corrected chi connectivity index (χ3v) is 6.36. The maximum Gasteiger partial charge on any atom is 0.309 e. The molecule has 3 rings (SSSR count). The van der Waals surface area contributed by atoms with Crippen LogP contribution in [0.15, 0.2) is 30.3 Å². The molecule has 1 heterocycles. The molecule has 2 aromatic carbocycles. The summed E-state index contributed by atoms with van der Waals surface area (Å²) < 4.78 is 22.6. The number of hydrogen-bond acceptors (Lipinski definition) is 5. The molecule has 168 valence electrons. The van der Waals surface area contributed by atoms with Gasteiger partial charge in [-0.3, -0.25) is 4.79 Å². The first-order valence-corrected chi connectivity index (χ1v) is 10.4. The number of quaternary nitrogens is 1. The molecule has 1 aliphatic heterocycles. The zero-order valence-electron chi connectivity index (χ0n) is 18.9. The van der Waals surface area contributed by atoms with E-state index >= 15 is 0 Å². The number of aliphatic carboxylic acids is 1. The topological polar surface area (TPSA) is 74.2 Å². The molecule has 1 N–H and O–H groups in total. The average molecular weight is 431 g/mol. The smallest absolute Gasteiger partial charge is 0.309 e. The van der Waals surface area contributed by atoms with E-state index in [9.17, 15) is 9.90 Å². The van der Waals surface area contributed by atoms with Gasteiger partial charge in [0.2, 0.25) is 0 Å². The second kappa shape index (κ2) is 9.47. The highest BCUT2D eigenvalue weighted by molar-refractivity contribution is 5.66. The summed E-state index contributed by atoms with van der Waals surface area (Å²) in [6.45, 7) is 1.41. The highest BCUT2D eigenvalue weighted by atomic mass is 16.5. The lowest BCUT2D eigenvalue weighted by Gasteiger charge is -2.46. The van der Waals surface area contributed by atoms with Gasteiger partial charge in [-0.05, 0) is 35.4 Å². The third kappa shape index (κ3) is 4.71. The van der Waals surface area contributed by atoms with E-state index in [1.807, 2.05) is 18.2 Å². The first-order chi connectivity index (χ1) is 14.8. The van der Waals surface area contributed by atoms with E-state index in [2.05, 4.69) is 19.2 Å². The summed E-state index contributed by atoms with van der Waals surface area (Å²) in [4.78, 5) is 11.4. The molecule has 7 heteroatoms. The van der Waals surface area contributed by atoms with Crippen LogP contribution in [-0.4, -0.2) is 64.1 Å². The fourth-order valence-electron chi connectivity index (χ4n) is 4.51. The molecule has 0 spiro atoms. The van der Waals surface area contributed by atoms with Crippen molar-refractivity contribution in [2.45, 2.75) is 25.3 Å².